The summed E-state index contributed by atoms with van der Waals surface area (Å²) in [6.45, 7) is 8.40. The maximum atomic E-state index is 12.2. The Kier molecular flexibility index (Phi) is 4.90. The van der Waals surface area contributed by atoms with E-state index in [1.54, 1.807) is 4.68 Å². The maximum absolute atomic E-state index is 12.2. The smallest absolute Gasteiger partial charge is 0.228 e. The summed E-state index contributed by atoms with van der Waals surface area (Å²) in [5.41, 5.74) is 8.28. The van der Waals surface area contributed by atoms with E-state index in [9.17, 15) is 4.79 Å². The molecular weight excluding hydrogens is 228 g/mol. The van der Waals surface area contributed by atoms with Crippen LogP contribution in [0.4, 0.5) is 5.69 Å². The molecule has 5 nitrogen and oxygen atoms in total. The molecule has 0 aliphatic carbocycles. The topological polar surface area (TPSA) is 72.9 Å². The summed E-state index contributed by atoms with van der Waals surface area (Å²) >= 11 is 0. The molecule has 0 aliphatic heterocycles. The molecule has 102 valence electrons. The molecule has 3 N–H and O–H groups in total. The third-order valence-electron chi connectivity index (χ3n) is 3.17. The fourth-order valence-electron chi connectivity index (χ4n) is 2.06. The SMILES string of the molecule is Cc1nn(C)c(C)c1NC(=O)C(CN)CC(C)C. The van der Waals surface area contributed by atoms with Gasteiger partial charge in [-0.15, -0.1) is 0 Å². The summed E-state index contributed by atoms with van der Waals surface area (Å²) in [5, 5.41) is 7.23. The number of hydrogen-bond acceptors (Lipinski definition) is 3. The van der Waals surface area contributed by atoms with Crippen molar-refractivity contribution in [3.8, 4) is 0 Å². The minimum Gasteiger partial charge on any atom is -0.330 e. The van der Waals surface area contributed by atoms with Gasteiger partial charge in [-0.3, -0.25) is 9.48 Å². The molecule has 0 bridgehead atoms. The lowest BCUT2D eigenvalue weighted by atomic mass is 9.96. The number of aromatic nitrogens is 2. The molecule has 5 heteroatoms. The Balaban J connectivity index is 2.80. The number of hydrogen-bond donors (Lipinski definition) is 2. The van der Waals surface area contributed by atoms with Gasteiger partial charge in [-0.2, -0.15) is 5.10 Å². The second kappa shape index (κ2) is 6.00. The lowest BCUT2D eigenvalue weighted by molar-refractivity contribution is -0.120. The number of carbonyl (C=O) groups excluding carboxylic acids is 1. The van der Waals surface area contributed by atoms with Gasteiger partial charge in [-0.05, 0) is 26.2 Å². The molecule has 0 fully saturated rings. The minimum absolute atomic E-state index is 0.00889. The third-order valence-corrected chi connectivity index (χ3v) is 3.17. The molecule has 1 atom stereocenters. The van der Waals surface area contributed by atoms with E-state index < -0.39 is 0 Å². The van der Waals surface area contributed by atoms with Crippen LogP contribution >= 0.6 is 0 Å². The third kappa shape index (κ3) is 3.32. The Morgan fingerprint density at radius 1 is 1.44 bits per heavy atom. The normalized spacial score (nSPS) is 12.8. The van der Waals surface area contributed by atoms with Crippen LogP contribution in [-0.2, 0) is 11.8 Å². The monoisotopic (exact) mass is 252 g/mol. The van der Waals surface area contributed by atoms with E-state index in [4.69, 9.17) is 5.73 Å². The largest absolute Gasteiger partial charge is 0.330 e. The first-order chi connectivity index (χ1) is 8.36. The predicted molar refractivity (Wildman–Crippen MR) is 73.3 cm³/mol. The highest BCUT2D eigenvalue weighted by molar-refractivity contribution is 5.93. The zero-order valence-corrected chi connectivity index (χ0v) is 11.9. The molecule has 0 saturated heterocycles. The van der Waals surface area contributed by atoms with Crippen LogP contribution in [0, 0.1) is 25.7 Å². The molecule has 1 aromatic heterocycles. The molecule has 0 spiro atoms. The van der Waals surface area contributed by atoms with Gasteiger partial charge in [0, 0.05) is 13.6 Å². The van der Waals surface area contributed by atoms with Crippen molar-refractivity contribution < 1.29 is 4.79 Å². The molecule has 0 aromatic carbocycles. The molecule has 1 aromatic rings. The first-order valence-corrected chi connectivity index (χ1v) is 6.37. The average molecular weight is 252 g/mol. The lowest BCUT2D eigenvalue weighted by Crippen LogP contribution is -2.30. The molecule has 1 amide bonds. The Bertz CT molecular complexity index is 423. The van der Waals surface area contributed by atoms with Gasteiger partial charge >= 0.3 is 0 Å². The number of nitrogens with zero attached hydrogens (tertiary/aromatic N) is 2. The zero-order valence-electron chi connectivity index (χ0n) is 11.9. The van der Waals surface area contributed by atoms with Crippen LogP contribution in [0.15, 0.2) is 0 Å². The summed E-state index contributed by atoms with van der Waals surface area (Å²) < 4.78 is 1.77. The van der Waals surface area contributed by atoms with Crippen molar-refractivity contribution in [2.75, 3.05) is 11.9 Å². The summed E-state index contributed by atoms with van der Waals surface area (Å²) in [5.74, 6) is 0.315. The lowest BCUT2D eigenvalue weighted by Gasteiger charge is -2.16. The number of nitrogens with two attached hydrogens (primary N) is 1. The van der Waals surface area contributed by atoms with E-state index in [0.29, 0.717) is 12.5 Å². The number of carbonyl (C=O) groups is 1. The van der Waals surface area contributed by atoms with Crippen LogP contribution in [0.2, 0.25) is 0 Å². The van der Waals surface area contributed by atoms with Crippen LogP contribution in [0.25, 0.3) is 0 Å². The van der Waals surface area contributed by atoms with Crippen molar-refractivity contribution in [3.63, 3.8) is 0 Å². The highest BCUT2D eigenvalue weighted by Gasteiger charge is 2.20. The van der Waals surface area contributed by atoms with Crippen molar-refractivity contribution >= 4 is 11.6 Å². The number of nitrogens with one attached hydrogen (secondary N) is 1. The Morgan fingerprint density at radius 2 is 2.06 bits per heavy atom. The van der Waals surface area contributed by atoms with Gasteiger partial charge < -0.3 is 11.1 Å². The fraction of sp³-hybridized carbons (Fsp3) is 0.692. The Labute approximate surface area is 109 Å². The molecule has 0 radical (unpaired) electrons. The van der Waals surface area contributed by atoms with E-state index >= 15 is 0 Å². The van der Waals surface area contributed by atoms with Gasteiger partial charge in [0.1, 0.15) is 0 Å². The van der Waals surface area contributed by atoms with E-state index in [1.807, 2.05) is 20.9 Å². The van der Waals surface area contributed by atoms with Crippen LogP contribution in [0.3, 0.4) is 0 Å². The fourth-order valence-corrected chi connectivity index (χ4v) is 2.06. The second-order valence-corrected chi connectivity index (χ2v) is 5.22. The summed E-state index contributed by atoms with van der Waals surface area (Å²) in [6, 6.07) is 0. The number of aryl methyl sites for hydroxylation is 2. The van der Waals surface area contributed by atoms with Gasteiger partial charge in [0.05, 0.1) is 23.0 Å². The van der Waals surface area contributed by atoms with E-state index in [0.717, 1.165) is 23.5 Å². The van der Waals surface area contributed by atoms with E-state index in [-0.39, 0.29) is 11.8 Å². The molecule has 0 saturated carbocycles. The van der Waals surface area contributed by atoms with Gasteiger partial charge in [-0.1, -0.05) is 13.8 Å². The van der Waals surface area contributed by atoms with Crippen LogP contribution in [0.1, 0.15) is 31.7 Å². The van der Waals surface area contributed by atoms with Crippen molar-refractivity contribution in [3.05, 3.63) is 11.4 Å². The average Bonchev–Trinajstić information content (AvgIpc) is 2.52. The number of anilines is 1. The number of amides is 1. The second-order valence-electron chi connectivity index (χ2n) is 5.22. The first kappa shape index (κ1) is 14.7. The molecule has 0 aliphatic rings. The highest BCUT2D eigenvalue weighted by atomic mass is 16.1. The van der Waals surface area contributed by atoms with Crippen molar-refractivity contribution in [1.82, 2.24) is 9.78 Å². The molecule has 1 unspecified atom stereocenters. The van der Waals surface area contributed by atoms with Crippen LogP contribution in [-0.4, -0.2) is 22.2 Å². The summed E-state index contributed by atoms with van der Waals surface area (Å²) in [6.07, 6.45) is 0.806. The van der Waals surface area contributed by atoms with Crippen LogP contribution < -0.4 is 11.1 Å². The maximum Gasteiger partial charge on any atom is 0.228 e. The quantitative estimate of drug-likeness (QED) is 0.836. The van der Waals surface area contributed by atoms with Gasteiger partial charge in [0.2, 0.25) is 5.91 Å². The van der Waals surface area contributed by atoms with Gasteiger partial charge in [-0.25, -0.2) is 0 Å². The summed E-state index contributed by atoms with van der Waals surface area (Å²) in [4.78, 5) is 12.2. The minimum atomic E-state index is -0.135. The Morgan fingerprint density at radius 3 is 2.44 bits per heavy atom. The highest BCUT2D eigenvalue weighted by Crippen LogP contribution is 2.20. The standard InChI is InChI=1S/C13H24N4O/c1-8(2)6-11(7-14)13(18)15-12-9(3)16-17(5)10(12)4/h8,11H,6-7,14H2,1-5H3,(H,15,18). The van der Waals surface area contributed by atoms with E-state index in [2.05, 4.69) is 24.3 Å². The molecule has 1 rings (SSSR count). The molecule has 1 heterocycles. The summed E-state index contributed by atoms with van der Waals surface area (Å²) in [7, 11) is 1.87. The van der Waals surface area contributed by atoms with Crippen molar-refractivity contribution in [2.24, 2.45) is 24.6 Å². The molecule has 18 heavy (non-hydrogen) atoms. The van der Waals surface area contributed by atoms with E-state index in [1.165, 1.54) is 0 Å². The van der Waals surface area contributed by atoms with Crippen molar-refractivity contribution in [2.45, 2.75) is 34.1 Å². The van der Waals surface area contributed by atoms with Crippen molar-refractivity contribution in [1.29, 1.82) is 0 Å². The van der Waals surface area contributed by atoms with Gasteiger partial charge in [0.15, 0.2) is 0 Å². The van der Waals surface area contributed by atoms with Gasteiger partial charge in [0.25, 0.3) is 0 Å². The number of rotatable bonds is 5. The zero-order chi connectivity index (χ0) is 13.9. The molecular formula is C13H24N4O. The van der Waals surface area contributed by atoms with Crippen LogP contribution in [0.5, 0.6) is 0 Å². The Hall–Kier alpha value is -1.36. The first-order valence-electron chi connectivity index (χ1n) is 6.37. The predicted octanol–water partition coefficient (Wildman–Crippen LogP) is 1.60.